The van der Waals surface area contributed by atoms with Crippen molar-refractivity contribution < 1.29 is 5.11 Å². The molecule has 0 spiro atoms. The van der Waals surface area contributed by atoms with Gasteiger partial charge in [-0.05, 0) is 25.7 Å². The maximum Gasteiger partial charge on any atom is 0.0723 e. The first kappa shape index (κ1) is 6.57. The summed E-state index contributed by atoms with van der Waals surface area (Å²) >= 11 is 0. The van der Waals surface area contributed by atoms with E-state index in [1.54, 1.807) is 6.92 Å². The van der Waals surface area contributed by atoms with Crippen molar-refractivity contribution in [1.82, 2.24) is 0 Å². The third kappa shape index (κ3) is 1.43. The Hall–Kier alpha value is -0.550. The van der Waals surface area contributed by atoms with Crippen LogP contribution in [0.5, 0.6) is 0 Å². The monoisotopic (exact) mass is 125 g/mol. The van der Waals surface area contributed by atoms with Crippen molar-refractivity contribution in [2.45, 2.75) is 25.9 Å². The molecule has 0 heterocycles. The van der Waals surface area contributed by atoms with Gasteiger partial charge in [-0.2, -0.15) is 5.26 Å². The minimum absolute atomic E-state index is 0.183. The Bertz CT molecular complexity index is 134. The van der Waals surface area contributed by atoms with Gasteiger partial charge in [-0.15, -0.1) is 0 Å². The van der Waals surface area contributed by atoms with E-state index in [9.17, 15) is 5.11 Å². The van der Waals surface area contributed by atoms with E-state index < -0.39 is 0 Å². The minimum atomic E-state index is -0.366. The first-order valence-corrected chi connectivity index (χ1v) is 3.33. The van der Waals surface area contributed by atoms with Crippen LogP contribution in [0.1, 0.15) is 19.8 Å². The van der Waals surface area contributed by atoms with E-state index in [0.29, 0.717) is 5.92 Å². The Labute approximate surface area is 55.1 Å². The second kappa shape index (κ2) is 2.36. The standard InChI is InChI=1S/C7H11NO/c1-5(4-8)7(9)6-2-3-6/h5-7,9H,2-3H2,1H3. The smallest absolute Gasteiger partial charge is 0.0723 e. The third-order valence-corrected chi connectivity index (χ3v) is 1.82. The molecule has 0 saturated heterocycles. The number of hydrogen-bond donors (Lipinski definition) is 1. The first-order chi connectivity index (χ1) is 4.25. The number of aliphatic hydroxyl groups is 1. The highest BCUT2D eigenvalue weighted by Gasteiger charge is 2.32. The zero-order valence-corrected chi connectivity index (χ0v) is 5.54. The molecule has 50 valence electrons. The van der Waals surface area contributed by atoms with E-state index in [1.807, 2.05) is 6.07 Å². The number of aliphatic hydroxyl groups excluding tert-OH is 1. The van der Waals surface area contributed by atoms with Gasteiger partial charge in [0.1, 0.15) is 0 Å². The first-order valence-electron chi connectivity index (χ1n) is 3.33. The van der Waals surface area contributed by atoms with Crippen LogP contribution in [0.15, 0.2) is 0 Å². The number of nitrogens with zero attached hydrogens (tertiary/aromatic N) is 1. The van der Waals surface area contributed by atoms with Crippen LogP contribution in [0.25, 0.3) is 0 Å². The van der Waals surface area contributed by atoms with Crippen LogP contribution in [0.3, 0.4) is 0 Å². The summed E-state index contributed by atoms with van der Waals surface area (Å²) in [6, 6.07) is 2.04. The maximum absolute atomic E-state index is 9.23. The zero-order valence-electron chi connectivity index (χ0n) is 5.54. The molecular formula is C7H11NO. The SMILES string of the molecule is CC(C#N)C(O)C1CC1. The van der Waals surface area contributed by atoms with Crippen LogP contribution < -0.4 is 0 Å². The van der Waals surface area contributed by atoms with Crippen molar-refractivity contribution in [2.24, 2.45) is 11.8 Å². The quantitative estimate of drug-likeness (QED) is 0.596. The predicted molar refractivity (Wildman–Crippen MR) is 33.5 cm³/mol. The van der Waals surface area contributed by atoms with Crippen molar-refractivity contribution in [3.8, 4) is 6.07 Å². The summed E-state index contributed by atoms with van der Waals surface area (Å²) in [5.74, 6) is 0.247. The van der Waals surface area contributed by atoms with Crippen LogP contribution in [0.4, 0.5) is 0 Å². The second-order valence-electron chi connectivity index (χ2n) is 2.75. The molecule has 9 heavy (non-hydrogen) atoms. The lowest BCUT2D eigenvalue weighted by Gasteiger charge is -2.09. The lowest BCUT2D eigenvalue weighted by Crippen LogP contribution is -2.17. The Morgan fingerprint density at radius 1 is 1.67 bits per heavy atom. The zero-order chi connectivity index (χ0) is 6.85. The summed E-state index contributed by atoms with van der Waals surface area (Å²) in [6.07, 6.45) is 1.84. The van der Waals surface area contributed by atoms with Gasteiger partial charge in [0.2, 0.25) is 0 Å². The number of hydrogen-bond acceptors (Lipinski definition) is 2. The van der Waals surface area contributed by atoms with E-state index in [4.69, 9.17) is 5.26 Å². The normalized spacial score (nSPS) is 24.6. The molecule has 0 amide bonds. The summed E-state index contributed by atoms with van der Waals surface area (Å²) in [7, 11) is 0. The molecule has 1 rings (SSSR count). The highest BCUT2D eigenvalue weighted by Crippen LogP contribution is 2.35. The van der Waals surface area contributed by atoms with Crippen LogP contribution in [-0.4, -0.2) is 11.2 Å². The fourth-order valence-electron chi connectivity index (χ4n) is 0.922. The Morgan fingerprint density at radius 2 is 2.22 bits per heavy atom. The summed E-state index contributed by atoms with van der Waals surface area (Å²) in [6.45, 7) is 1.77. The summed E-state index contributed by atoms with van der Waals surface area (Å²) in [5, 5.41) is 17.6. The highest BCUT2D eigenvalue weighted by atomic mass is 16.3. The number of nitriles is 1. The summed E-state index contributed by atoms with van der Waals surface area (Å²) in [4.78, 5) is 0. The van der Waals surface area contributed by atoms with E-state index in [0.717, 1.165) is 12.8 Å². The molecule has 2 atom stereocenters. The lowest BCUT2D eigenvalue weighted by molar-refractivity contribution is 0.118. The predicted octanol–water partition coefficient (Wildman–Crippen LogP) is 0.917. The van der Waals surface area contributed by atoms with Gasteiger partial charge < -0.3 is 5.11 Å². The molecule has 2 nitrogen and oxygen atoms in total. The van der Waals surface area contributed by atoms with Crippen molar-refractivity contribution in [3.05, 3.63) is 0 Å². The Kier molecular flexibility index (Phi) is 1.73. The Morgan fingerprint density at radius 3 is 2.56 bits per heavy atom. The molecule has 1 N–H and O–H groups in total. The van der Waals surface area contributed by atoms with E-state index in [1.165, 1.54) is 0 Å². The fraction of sp³-hybridized carbons (Fsp3) is 0.857. The van der Waals surface area contributed by atoms with Crippen LogP contribution in [-0.2, 0) is 0 Å². The average Bonchev–Trinajstić information content (AvgIpc) is 2.66. The molecular weight excluding hydrogens is 114 g/mol. The summed E-state index contributed by atoms with van der Waals surface area (Å²) in [5.41, 5.74) is 0. The van der Waals surface area contributed by atoms with Crippen LogP contribution in [0, 0.1) is 23.2 Å². The molecule has 1 aliphatic rings. The molecule has 1 saturated carbocycles. The molecule has 1 aliphatic carbocycles. The molecule has 0 aromatic heterocycles. The van der Waals surface area contributed by atoms with E-state index >= 15 is 0 Å². The number of rotatable bonds is 2. The van der Waals surface area contributed by atoms with Crippen molar-refractivity contribution >= 4 is 0 Å². The maximum atomic E-state index is 9.23. The molecule has 0 aromatic rings. The molecule has 2 unspecified atom stereocenters. The van der Waals surface area contributed by atoms with Crippen molar-refractivity contribution in [2.75, 3.05) is 0 Å². The van der Waals surface area contributed by atoms with Gasteiger partial charge in [0.15, 0.2) is 0 Å². The Balaban J connectivity index is 2.32. The molecule has 0 aromatic carbocycles. The van der Waals surface area contributed by atoms with E-state index in [-0.39, 0.29) is 12.0 Å². The van der Waals surface area contributed by atoms with Gasteiger partial charge in [0.25, 0.3) is 0 Å². The van der Waals surface area contributed by atoms with Crippen LogP contribution in [0.2, 0.25) is 0 Å². The molecule has 1 fully saturated rings. The second-order valence-corrected chi connectivity index (χ2v) is 2.75. The van der Waals surface area contributed by atoms with Gasteiger partial charge in [-0.25, -0.2) is 0 Å². The third-order valence-electron chi connectivity index (χ3n) is 1.82. The van der Waals surface area contributed by atoms with Crippen molar-refractivity contribution in [1.29, 1.82) is 5.26 Å². The summed E-state index contributed by atoms with van der Waals surface area (Å²) < 4.78 is 0. The van der Waals surface area contributed by atoms with E-state index in [2.05, 4.69) is 0 Å². The fourth-order valence-corrected chi connectivity index (χ4v) is 0.922. The highest BCUT2D eigenvalue weighted by molar-refractivity contribution is 4.92. The molecule has 0 aliphatic heterocycles. The van der Waals surface area contributed by atoms with Gasteiger partial charge >= 0.3 is 0 Å². The van der Waals surface area contributed by atoms with Gasteiger partial charge in [0, 0.05) is 0 Å². The van der Waals surface area contributed by atoms with Gasteiger partial charge in [-0.3, -0.25) is 0 Å². The minimum Gasteiger partial charge on any atom is -0.391 e. The molecule has 2 heteroatoms. The molecule has 0 bridgehead atoms. The van der Waals surface area contributed by atoms with Crippen LogP contribution >= 0.6 is 0 Å². The molecule has 0 radical (unpaired) electrons. The lowest BCUT2D eigenvalue weighted by atomic mass is 10.0. The van der Waals surface area contributed by atoms with Crippen molar-refractivity contribution in [3.63, 3.8) is 0 Å². The average molecular weight is 125 g/mol. The topological polar surface area (TPSA) is 44.0 Å². The largest absolute Gasteiger partial charge is 0.391 e. The van der Waals surface area contributed by atoms with Gasteiger partial charge in [-0.1, -0.05) is 0 Å². The van der Waals surface area contributed by atoms with Gasteiger partial charge in [0.05, 0.1) is 18.1 Å².